The van der Waals surface area contributed by atoms with Crippen LogP contribution < -0.4 is 4.74 Å². The summed E-state index contributed by atoms with van der Waals surface area (Å²) < 4.78 is 23.3. The first-order chi connectivity index (χ1) is 8.69. The summed E-state index contributed by atoms with van der Waals surface area (Å²) in [6.45, 7) is 0. The van der Waals surface area contributed by atoms with Crippen molar-refractivity contribution < 1.29 is 18.7 Å². The number of hydrogen-bond donors (Lipinski definition) is 0. The lowest BCUT2D eigenvalue weighted by molar-refractivity contribution is -0.144. The van der Waals surface area contributed by atoms with Crippen molar-refractivity contribution >= 4 is 12.0 Å². The highest BCUT2D eigenvalue weighted by molar-refractivity contribution is 5.83. The third-order valence-corrected chi connectivity index (χ3v) is 2.58. The molecule has 1 aliphatic rings. The molecule has 0 radical (unpaired) electrons. The molecule has 0 spiro atoms. The van der Waals surface area contributed by atoms with Crippen LogP contribution in [0, 0.1) is 0 Å². The Bertz CT molecular complexity index is 476. The van der Waals surface area contributed by atoms with Gasteiger partial charge in [0.2, 0.25) is 0 Å². The van der Waals surface area contributed by atoms with Crippen LogP contribution in [0.1, 0.15) is 5.56 Å². The molecule has 0 unspecified atom stereocenters. The molecule has 0 fully saturated rings. The molecule has 2 atom stereocenters. The van der Waals surface area contributed by atoms with E-state index in [-0.39, 0.29) is 0 Å². The van der Waals surface area contributed by atoms with E-state index in [1.807, 2.05) is 12.1 Å². The van der Waals surface area contributed by atoms with Crippen LogP contribution in [0.3, 0.4) is 0 Å². The normalized spacial score (nSPS) is 23.1. The molecule has 1 heterocycles. The summed E-state index contributed by atoms with van der Waals surface area (Å²) in [5.74, 6) is 0.232. The highest BCUT2D eigenvalue weighted by Gasteiger charge is 2.23. The maximum atomic E-state index is 13.4. The van der Waals surface area contributed by atoms with Gasteiger partial charge in [-0.25, -0.2) is 9.18 Å². The Labute approximate surface area is 105 Å². The first-order valence-electron chi connectivity index (χ1n) is 5.54. The van der Waals surface area contributed by atoms with Crippen LogP contribution in [0.25, 0.3) is 6.08 Å². The van der Waals surface area contributed by atoms with Gasteiger partial charge in [0, 0.05) is 6.08 Å². The van der Waals surface area contributed by atoms with Crippen LogP contribution in [0.2, 0.25) is 0 Å². The number of carbonyl (C=O) groups excluding carboxylic acids is 1. The molecule has 2 rings (SSSR count). The van der Waals surface area contributed by atoms with E-state index in [9.17, 15) is 9.18 Å². The SMILES string of the molecule is COc1ccc(/C=C/[C@@H]2OC(=O)C=C[C@H]2F)cc1. The quantitative estimate of drug-likeness (QED) is 0.771. The molecule has 0 saturated carbocycles. The molecule has 0 N–H and O–H groups in total. The monoisotopic (exact) mass is 248 g/mol. The molecule has 1 aromatic rings. The Morgan fingerprint density at radius 3 is 2.72 bits per heavy atom. The van der Waals surface area contributed by atoms with Gasteiger partial charge in [-0.2, -0.15) is 0 Å². The molecular weight excluding hydrogens is 235 g/mol. The molecule has 1 aromatic carbocycles. The van der Waals surface area contributed by atoms with Crippen molar-refractivity contribution in [1.82, 2.24) is 0 Å². The highest BCUT2D eigenvalue weighted by atomic mass is 19.1. The van der Waals surface area contributed by atoms with Crippen molar-refractivity contribution in [1.29, 1.82) is 0 Å². The van der Waals surface area contributed by atoms with Gasteiger partial charge in [-0.15, -0.1) is 0 Å². The van der Waals surface area contributed by atoms with E-state index < -0.39 is 18.2 Å². The number of carbonyl (C=O) groups is 1. The van der Waals surface area contributed by atoms with Gasteiger partial charge in [-0.1, -0.05) is 18.2 Å². The maximum Gasteiger partial charge on any atom is 0.331 e. The zero-order chi connectivity index (χ0) is 13.0. The van der Waals surface area contributed by atoms with Gasteiger partial charge in [-0.05, 0) is 29.8 Å². The first-order valence-corrected chi connectivity index (χ1v) is 5.54. The molecule has 0 aromatic heterocycles. The smallest absolute Gasteiger partial charge is 0.331 e. The minimum Gasteiger partial charge on any atom is -0.497 e. The van der Waals surface area contributed by atoms with E-state index in [2.05, 4.69) is 0 Å². The molecule has 0 bridgehead atoms. The van der Waals surface area contributed by atoms with E-state index in [1.54, 1.807) is 25.3 Å². The predicted molar refractivity (Wildman–Crippen MR) is 65.9 cm³/mol. The van der Waals surface area contributed by atoms with Gasteiger partial charge in [0.15, 0.2) is 12.3 Å². The summed E-state index contributed by atoms with van der Waals surface area (Å²) in [5, 5.41) is 0. The van der Waals surface area contributed by atoms with E-state index in [1.165, 1.54) is 12.2 Å². The van der Waals surface area contributed by atoms with Crippen molar-refractivity contribution in [2.45, 2.75) is 12.3 Å². The number of halogens is 1. The second-order valence-electron chi connectivity index (χ2n) is 3.84. The number of hydrogen-bond acceptors (Lipinski definition) is 3. The van der Waals surface area contributed by atoms with Crippen molar-refractivity contribution in [2.75, 3.05) is 7.11 Å². The van der Waals surface area contributed by atoms with Gasteiger partial charge < -0.3 is 9.47 Å². The fourth-order valence-corrected chi connectivity index (χ4v) is 1.58. The minimum atomic E-state index is -1.29. The first kappa shape index (κ1) is 12.4. The Morgan fingerprint density at radius 1 is 1.33 bits per heavy atom. The molecule has 18 heavy (non-hydrogen) atoms. The Hall–Kier alpha value is -2.10. The molecule has 4 heteroatoms. The van der Waals surface area contributed by atoms with Crippen LogP contribution in [-0.2, 0) is 9.53 Å². The zero-order valence-corrected chi connectivity index (χ0v) is 9.88. The van der Waals surface area contributed by atoms with E-state index in [4.69, 9.17) is 9.47 Å². The number of methoxy groups -OCH3 is 1. The lowest BCUT2D eigenvalue weighted by Crippen LogP contribution is -2.28. The zero-order valence-electron chi connectivity index (χ0n) is 9.88. The van der Waals surface area contributed by atoms with Crippen LogP contribution >= 0.6 is 0 Å². The number of alkyl halides is 1. The van der Waals surface area contributed by atoms with Crippen LogP contribution in [0.15, 0.2) is 42.5 Å². The van der Waals surface area contributed by atoms with Gasteiger partial charge in [0.25, 0.3) is 0 Å². The van der Waals surface area contributed by atoms with Crippen molar-refractivity contribution in [3.8, 4) is 5.75 Å². The second-order valence-corrected chi connectivity index (χ2v) is 3.84. The fourth-order valence-electron chi connectivity index (χ4n) is 1.58. The summed E-state index contributed by atoms with van der Waals surface area (Å²) in [6.07, 6.45) is 3.40. The Morgan fingerprint density at radius 2 is 2.06 bits per heavy atom. The summed E-state index contributed by atoms with van der Waals surface area (Å²) in [4.78, 5) is 11.0. The average Bonchev–Trinajstić information content (AvgIpc) is 2.40. The predicted octanol–water partition coefficient (Wildman–Crippen LogP) is 2.53. The molecular formula is C14H13FO3. The second kappa shape index (κ2) is 5.49. The van der Waals surface area contributed by atoms with E-state index in [0.717, 1.165) is 17.4 Å². The van der Waals surface area contributed by atoms with E-state index in [0.29, 0.717) is 0 Å². The van der Waals surface area contributed by atoms with Crippen LogP contribution in [-0.4, -0.2) is 25.4 Å². The lowest BCUT2D eigenvalue weighted by Gasteiger charge is -2.18. The molecule has 0 amide bonds. The van der Waals surface area contributed by atoms with Gasteiger partial charge >= 0.3 is 5.97 Å². The summed E-state index contributed by atoms with van der Waals surface area (Å²) in [6, 6.07) is 7.28. The van der Waals surface area contributed by atoms with Crippen LogP contribution in [0.4, 0.5) is 4.39 Å². The molecule has 3 nitrogen and oxygen atoms in total. The fraction of sp³-hybridized carbons (Fsp3) is 0.214. The van der Waals surface area contributed by atoms with Crippen molar-refractivity contribution in [3.05, 3.63) is 48.1 Å². The topological polar surface area (TPSA) is 35.5 Å². The largest absolute Gasteiger partial charge is 0.497 e. The molecule has 0 saturated heterocycles. The summed E-state index contributed by atoms with van der Waals surface area (Å²) in [5.41, 5.74) is 0.883. The summed E-state index contributed by atoms with van der Waals surface area (Å²) >= 11 is 0. The number of rotatable bonds is 3. The molecule has 1 aliphatic heterocycles. The maximum absolute atomic E-state index is 13.4. The summed E-state index contributed by atoms with van der Waals surface area (Å²) in [7, 11) is 1.59. The Balaban J connectivity index is 2.05. The van der Waals surface area contributed by atoms with E-state index >= 15 is 0 Å². The number of cyclic esters (lactones) is 1. The number of ether oxygens (including phenoxy) is 2. The van der Waals surface area contributed by atoms with Crippen molar-refractivity contribution in [2.24, 2.45) is 0 Å². The van der Waals surface area contributed by atoms with Gasteiger partial charge in [0.05, 0.1) is 7.11 Å². The van der Waals surface area contributed by atoms with Gasteiger partial charge in [0.1, 0.15) is 5.75 Å². The highest BCUT2D eigenvalue weighted by Crippen LogP contribution is 2.16. The lowest BCUT2D eigenvalue weighted by atomic mass is 10.1. The molecule has 0 aliphatic carbocycles. The third kappa shape index (κ3) is 2.97. The number of esters is 1. The van der Waals surface area contributed by atoms with Crippen LogP contribution in [0.5, 0.6) is 5.75 Å². The third-order valence-electron chi connectivity index (χ3n) is 2.58. The van der Waals surface area contributed by atoms with Crippen molar-refractivity contribution in [3.63, 3.8) is 0 Å². The molecule has 94 valence electrons. The number of benzene rings is 1. The standard InChI is InChI=1S/C14H13FO3/c1-17-11-5-2-10(3-6-11)4-8-13-12(15)7-9-14(16)18-13/h2-9,12-13H,1H3/b8-4+/t12-,13+/m1/s1. The Kier molecular flexibility index (Phi) is 3.77. The van der Waals surface area contributed by atoms with Gasteiger partial charge in [-0.3, -0.25) is 0 Å². The average molecular weight is 248 g/mol. The minimum absolute atomic E-state index is 0.520.